The Morgan fingerprint density at radius 1 is 0.931 bits per heavy atom. The van der Waals surface area contributed by atoms with E-state index >= 15 is 0 Å². The normalized spacial score (nSPS) is 10.7. The molecule has 0 saturated heterocycles. The van der Waals surface area contributed by atoms with Crippen molar-refractivity contribution in [3.63, 3.8) is 0 Å². The standard InChI is InChI=1S/C24H20FN3O/c25-19-9-4-10-20(16-19)28-23-22(12-5-14-26-23)24(29)27-15-13-18-8-3-7-17-6-1-2-11-21(17)18/h1-12,14,16H,13,15H2,(H,26,28)(H,27,29). The Morgan fingerprint density at radius 2 is 1.76 bits per heavy atom. The Balaban J connectivity index is 1.45. The summed E-state index contributed by atoms with van der Waals surface area (Å²) < 4.78 is 13.4. The Hall–Kier alpha value is -3.73. The van der Waals surface area contributed by atoms with Crippen LogP contribution in [0.2, 0.25) is 0 Å². The molecule has 0 aliphatic rings. The molecule has 0 spiro atoms. The third kappa shape index (κ3) is 4.41. The first kappa shape index (κ1) is 18.6. The van der Waals surface area contributed by atoms with Crippen molar-refractivity contribution in [2.75, 3.05) is 11.9 Å². The van der Waals surface area contributed by atoms with Crippen molar-refractivity contribution in [2.24, 2.45) is 0 Å². The molecule has 1 amide bonds. The molecular formula is C24H20FN3O. The highest BCUT2D eigenvalue weighted by Gasteiger charge is 2.12. The van der Waals surface area contributed by atoms with Gasteiger partial charge >= 0.3 is 0 Å². The lowest BCUT2D eigenvalue weighted by Gasteiger charge is -2.12. The van der Waals surface area contributed by atoms with Crippen molar-refractivity contribution in [1.29, 1.82) is 0 Å². The Labute approximate surface area is 168 Å². The molecule has 0 aliphatic heterocycles. The predicted molar refractivity (Wildman–Crippen MR) is 114 cm³/mol. The van der Waals surface area contributed by atoms with Gasteiger partial charge in [-0.05, 0) is 53.1 Å². The predicted octanol–water partition coefficient (Wildman–Crippen LogP) is 5.09. The molecule has 0 unspecified atom stereocenters. The van der Waals surface area contributed by atoms with Crippen LogP contribution in [0, 0.1) is 5.82 Å². The molecule has 144 valence electrons. The summed E-state index contributed by atoms with van der Waals surface area (Å²) in [6, 6.07) is 23.8. The molecular weight excluding hydrogens is 365 g/mol. The number of hydrogen-bond acceptors (Lipinski definition) is 3. The molecule has 0 bridgehead atoms. The van der Waals surface area contributed by atoms with Gasteiger partial charge in [-0.2, -0.15) is 0 Å². The largest absolute Gasteiger partial charge is 0.352 e. The third-order valence-corrected chi connectivity index (χ3v) is 4.70. The average molecular weight is 385 g/mol. The SMILES string of the molecule is O=C(NCCc1cccc2ccccc12)c1cccnc1Nc1cccc(F)c1. The van der Waals surface area contributed by atoms with Gasteiger partial charge in [-0.25, -0.2) is 9.37 Å². The maximum atomic E-state index is 13.4. The van der Waals surface area contributed by atoms with Gasteiger partial charge in [0.05, 0.1) is 5.56 Å². The summed E-state index contributed by atoms with van der Waals surface area (Å²) in [7, 11) is 0. The second kappa shape index (κ2) is 8.52. The Kier molecular flexibility index (Phi) is 5.47. The van der Waals surface area contributed by atoms with Gasteiger partial charge in [0, 0.05) is 18.4 Å². The number of pyridine rings is 1. The molecule has 0 fully saturated rings. The topological polar surface area (TPSA) is 54.0 Å². The number of anilines is 2. The molecule has 0 saturated carbocycles. The van der Waals surface area contributed by atoms with E-state index in [9.17, 15) is 9.18 Å². The molecule has 3 aromatic carbocycles. The van der Waals surface area contributed by atoms with Crippen molar-refractivity contribution in [2.45, 2.75) is 6.42 Å². The molecule has 2 N–H and O–H groups in total. The van der Waals surface area contributed by atoms with E-state index in [0.717, 1.165) is 6.42 Å². The van der Waals surface area contributed by atoms with Crippen LogP contribution in [0.1, 0.15) is 15.9 Å². The monoisotopic (exact) mass is 385 g/mol. The fraction of sp³-hybridized carbons (Fsp3) is 0.0833. The molecule has 5 heteroatoms. The zero-order valence-corrected chi connectivity index (χ0v) is 15.7. The zero-order valence-electron chi connectivity index (χ0n) is 15.7. The molecule has 4 aromatic rings. The van der Waals surface area contributed by atoms with Crippen LogP contribution in [0.15, 0.2) is 85.1 Å². The smallest absolute Gasteiger partial charge is 0.255 e. The van der Waals surface area contributed by atoms with Crippen molar-refractivity contribution >= 4 is 28.2 Å². The molecule has 4 nitrogen and oxygen atoms in total. The number of aromatic nitrogens is 1. The van der Waals surface area contributed by atoms with Crippen LogP contribution in [0.3, 0.4) is 0 Å². The highest BCUT2D eigenvalue weighted by atomic mass is 19.1. The van der Waals surface area contributed by atoms with Gasteiger partial charge in [-0.3, -0.25) is 4.79 Å². The van der Waals surface area contributed by atoms with E-state index in [1.165, 1.54) is 28.5 Å². The van der Waals surface area contributed by atoms with Gasteiger partial charge in [-0.15, -0.1) is 0 Å². The average Bonchev–Trinajstić information content (AvgIpc) is 2.74. The second-order valence-corrected chi connectivity index (χ2v) is 6.68. The number of carbonyl (C=O) groups excluding carboxylic acids is 1. The van der Waals surface area contributed by atoms with E-state index in [0.29, 0.717) is 23.6 Å². The molecule has 0 aliphatic carbocycles. The van der Waals surface area contributed by atoms with Crippen LogP contribution >= 0.6 is 0 Å². The minimum absolute atomic E-state index is 0.225. The van der Waals surface area contributed by atoms with E-state index in [4.69, 9.17) is 0 Å². The van der Waals surface area contributed by atoms with E-state index in [1.54, 1.807) is 30.5 Å². The van der Waals surface area contributed by atoms with Crippen LogP contribution < -0.4 is 10.6 Å². The van der Waals surface area contributed by atoms with Crippen LogP contribution in [0.25, 0.3) is 10.8 Å². The number of nitrogens with zero attached hydrogens (tertiary/aromatic N) is 1. The molecule has 29 heavy (non-hydrogen) atoms. The van der Waals surface area contributed by atoms with Gasteiger partial charge < -0.3 is 10.6 Å². The van der Waals surface area contributed by atoms with E-state index < -0.39 is 0 Å². The summed E-state index contributed by atoms with van der Waals surface area (Å²) in [4.78, 5) is 16.9. The molecule has 1 aromatic heterocycles. The number of fused-ring (bicyclic) bond motifs is 1. The summed E-state index contributed by atoms with van der Waals surface area (Å²) in [5.74, 6) is -0.190. The van der Waals surface area contributed by atoms with E-state index in [2.05, 4.69) is 39.9 Å². The van der Waals surface area contributed by atoms with E-state index in [1.807, 2.05) is 18.2 Å². The number of rotatable bonds is 6. The summed E-state index contributed by atoms with van der Waals surface area (Å²) >= 11 is 0. The first-order valence-corrected chi connectivity index (χ1v) is 9.43. The van der Waals surface area contributed by atoms with Gasteiger partial charge in [0.1, 0.15) is 11.6 Å². The molecule has 4 rings (SSSR count). The zero-order chi connectivity index (χ0) is 20.1. The van der Waals surface area contributed by atoms with Gasteiger partial charge in [0.25, 0.3) is 5.91 Å². The first-order chi connectivity index (χ1) is 14.2. The van der Waals surface area contributed by atoms with Crippen LogP contribution in [-0.2, 0) is 6.42 Å². The number of nitrogens with one attached hydrogen (secondary N) is 2. The van der Waals surface area contributed by atoms with Crippen molar-refractivity contribution < 1.29 is 9.18 Å². The molecule has 1 heterocycles. The number of benzene rings is 3. The van der Waals surface area contributed by atoms with Crippen LogP contribution in [0.5, 0.6) is 0 Å². The third-order valence-electron chi connectivity index (χ3n) is 4.70. The van der Waals surface area contributed by atoms with Gasteiger partial charge in [0.2, 0.25) is 0 Å². The summed E-state index contributed by atoms with van der Waals surface area (Å²) in [6.45, 7) is 0.501. The highest BCUT2D eigenvalue weighted by Crippen LogP contribution is 2.20. The Bertz CT molecular complexity index is 1150. The maximum Gasteiger partial charge on any atom is 0.255 e. The number of hydrogen-bond donors (Lipinski definition) is 2. The quantitative estimate of drug-likeness (QED) is 0.486. The summed E-state index contributed by atoms with van der Waals surface area (Å²) in [5.41, 5.74) is 2.14. The summed E-state index contributed by atoms with van der Waals surface area (Å²) in [6.07, 6.45) is 2.31. The molecule has 0 atom stereocenters. The number of carbonyl (C=O) groups is 1. The van der Waals surface area contributed by atoms with Gasteiger partial charge in [-0.1, -0.05) is 48.5 Å². The van der Waals surface area contributed by atoms with Crippen molar-refractivity contribution in [3.8, 4) is 0 Å². The van der Waals surface area contributed by atoms with Gasteiger partial charge in [0.15, 0.2) is 0 Å². The fourth-order valence-corrected chi connectivity index (χ4v) is 3.31. The maximum absolute atomic E-state index is 13.4. The second-order valence-electron chi connectivity index (χ2n) is 6.68. The number of amides is 1. The Morgan fingerprint density at radius 3 is 2.66 bits per heavy atom. The lowest BCUT2D eigenvalue weighted by Crippen LogP contribution is -2.26. The lowest BCUT2D eigenvalue weighted by molar-refractivity contribution is 0.0954. The minimum atomic E-state index is -0.355. The van der Waals surface area contributed by atoms with Crippen LogP contribution in [0.4, 0.5) is 15.9 Å². The van der Waals surface area contributed by atoms with Crippen molar-refractivity contribution in [3.05, 3.63) is 102 Å². The lowest BCUT2D eigenvalue weighted by atomic mass is 10.0. The minimum Gasteiger partial charge on any atom is -0.352 e. The van der Waals surface area contributed by atoms with Crippen LogP contribution in [-0.4, -0.2) is 17.4 Å². The fourth-order valence-electron chi connectivity index (χ4n) is 3.31. The van der Waals surface area contributed by atoms with Crippen molar-refractivity contribution in [1.82, 2.24) is 10.3 Å². The van der Waals surface area contributed by atoms with E-state index in [-0.39, 0.29) is 11.7 Å². The highest BCUT2D eigenvalue weighted by molar-refractivity contribution is 5.99. The first-order valence-electron chi connectivity index (χ1n) is 9.43. The summed E-state index contributed by atoms with van der Waals surface area (Å²) in [5, 5.41) is 8.35. The molecule has 0 radical (unpaired) electrons. The number of halogens is 1.